The number of nitrogens with zero attached hydrogens (tertiary/aromatic N) is 1. The van der Waals surface area contributed by atoms with Crippen molar-refractivity contribution in [3.63, 3.8) is 0 Å². The van der Waals surface area contributed by atoms with Gasteiger partial charge < -0.3 is 5.32 Å². The van der Waals surface area contributed by atoms with E-state index in [4.69, 9.17) is 0 Å². The van der Waals surface area contributed by atoms with Crippen molar-refractivity contribution in [2.24, 2.45) is 0 Å². The lowest BCUT2D eigenvalue weighted by Crippen LogP contribution is -2.12. The molecule has 0 aliphatic rings. The number of anilines is 1. The first kappa shape index (κ1) is 15.0. The molecule has 0 aliphatic heterocycles. The van der Waals surface area contributed by atoms with Crippen molar-refractivity contribution < 1.29 is 9.18 Å². The number of benzene rings is 2. The van der Waals surface area contributed by atoms with Crippen LogP contribution in [0, 0.1) is 5.82 Å². The van der Waals surface area contributed by atoms with Crippen molar-refractivity contribution in [3.8, 4) is 11.1 Å². The zero-order valence-corrected chi connectivity index (χ0v) is 12.4. The van der Waals surface area contributed by atoms with Gasteiger partial charge in [0, 0.05) is 29.4 Å². The SMILES string of the molecule is O=C(CCc1ccccc1)Nc1ccc(-c2cn[nH]c2)c(F)c1. The summed E-state index contributed by atoms with van der Waals surface area (Å²) >= 11 is 0. The van der Waals surface area contributed by atoms with Crippen molar-refractivity contribution >= 4 is 11.6 Å². The van der Waals surface area contributed by atoms with Gasteiger partial charge in [0.1, 0.15) is 5.82 Å². The number of rotatable bonds is 5. The Hall–Kier alpha value is -2.95. The molecule has 0 saturated carbocycles. The summed E-state index contributed by atoms with van der Waals surface area (Å²) in [6, 6.07) is 14.4. The van der Waals surface area contributed by atoms with Crippen LogP contribution in [0.15, 0.2) is 60.9 Å². The van der Waals surface area contributed by atoms with Crippen molar-refractivity contribution in [3.05, 3.63) is 72.3 Å². The lowest BCUT2D eigenvalue weighted by atomic mass is 10.1. The number of hydrogen-bond donors (Lipinski definition) is 2. The van der Waals surface area contributed by atoms with Gasteiger partial charge in [0.2, 0.25) is 5.91 Å². The van der Waals surface area contributed by atoms with Crippen LogP contribution < -0.4 is 5.32 Å². The lowest BCUT2D eigenvalue weighted by Gasteiger charge is -2.07. The Morgan fingerprint density at radius 3 is 2.70 bits per heavy atom. The molecule has 3 aromatic rings. The summed E-state index contributed by atoms with van der Waals surface area (Å²) in [5.41, 5.74) is 2.67. The number of hydrogen-bond acceptors (Lipinski definition) is 2. The Labute approximate surface area is 133 Å². The molecular weight excluding hydrogens is 293 g/mol. The maximum atomic E-state index is 14.1. The van der Waals surface area contributed by atoms with Crippen LogP contribution in [-0.2, 0) is 11.2 Å². The Balaban J connectivity index is 1.62. The molecule has 5 heteroatoms. The highest BCUT2D eigenvalue weighted by Gasteiger charge is 2.09. The Morgan fingerprint density at radius 1 is 1.17 bits per heavy atom. The summed E-state index contributed by atoms with van der Waals surface area (Å²) in [6.07, 6.45) is 4.18. The second kappa shape index (κ2) is 6.87. The lowest BCUT2D eigenvalue weighted by molar-refractivity contribution is -0.116. The Bertz CT molecular complexity index is 785. The van der Waals surface area contributed by atoms with E-state index in [-0.39, 0.29) is 5.91 Å². The van der Waals surface area contributed by atoms with Gasteiger partial charge in [-0.2, -0.15) is 5.10 Å². The minimum absolute atomic E-state index is 0.135. The minimum Gasteiger partial charge on any atom is -0.326 e. The molecule has 1 amide bonds. The number of amides is 1. The minimum atomic E-state index is -0.396. The molecule has 0 radical (unpaired) electrons. The van der Waals surface area contributed by atoms with Gasteiger partial charge in [-0.25, -0.2) is 4.39 Å². The van der Waals surface area contributed by atoms with Gasteiger partial charge in [-0.3, -0.25) is 9.89 Å². The van der Waals surface area contributed by atoms with E-state index in [9.17, 15) is 9.18 Å². The smallest absolute Gasteiger partial charge is 0.224 e. The first-order chi connectivity index (χ1) is 11.2. The molecule has 1 heterocycles. The van der Waals surface area contributed by atoms with Gasteiger partial charge in [-0.1, -0.05) is 30.3 Å². The van der Waals surface area contributed by atoms with Gasteiger partial charge in [0.05, 0.1) is 6.20 Å². The topological polar surface area (TPSA) is 57.8 Å². The largest absolute Gasteiger partial charge is 0.326 e. The average molecular weight is 309 g/mol. The monoisotopic (exact) mass is 309 g/mol. The summed E-state index contributed by atoms with van der Waals surface area (Å²) in [5.74, 6) is -0.531. The van der Waals surface area contributed by atoms with Crippen LogP contribution in [0.4, 0.5) is 10.1 Å². The molecule has 23 heavy (non-hydrogen) atoms. The maximum absolute atomic E-state index is 14.1. The van der Waals surface area contributed by atoms with Gasteiger partial charge in [0.25, 0.3) is 0 Å². The fourth-order valence-corrected chi connectivity index (χ4v) is 2.35. The van der Waals surface area contributed by atoms with Crippen LogP contribution in [0.5, 0.6) is 0 Å². The highest BCUT2D eigenvalue weighted by molar-refractivity contribution is 5.91. The molecule has 0 spiro atoms. The average Bonchev–Trinajstić information content (AvgIpc) is 3.08. The third-order valence-electron chi connectivity index (χ3n) is 3.55. The number of nitrogens with one attached hydrogen (secondary N) is 2. The molecule has 2 aromatic carbocycles. The third-order valence-corrected chi connectivity index (χ3v) is 3.55. The number of aromatic nitrogens is 2. The van der Waals surface area contributed by atoms with Crippen molar-refractivity contribution in [2.45, 2.75) is 12.8 Å². The molecule has 1 aromatic heterocycles. The first-order valence-electron chi connectivity index (χ1n) is 7.35. The van der Waals surface area contributed by atoms with E-state index in [1.807, 2.05) is 30.3 Å². The molecule has 3 rings (SSSR count). The maximum Gasteiger partial charge on any atom is 0.224 e. The number of carbonyl (C=O) groups excluding carboxylic acids is 1. The van der Waals surface area contributed by atoms with E-state index in [1.165, 1.54) is 6.07 Å². The van der Waals surface area contributed by atoms with E-state index < -0.39 is 5.82 Å². The first-order valence-corrected chi connectivity index (χ1v) is 7.35. The molecule has 0 saturated heterocycles. The van der Waals surface area contributed by atoms with Gasteiger partial charge in [-0.15, -0.1) is 0 Å². The van der Waals surface area contributed by atoms with E-state index in [1.54, 1.807) is 24.5 Å². The predicted octanol–water partition coefficient (Wildman–Crippen LogP) is 3.79. The number of aryl methyl sites for hydroxylation is 1. The van der Waals surface area contributed by atoms with Crippen LogP contribution in [-0.4, -0.2) is 16.1 Å². The summed E-state index contributed by atoms with van der Waals surface area (Å²) in [6.45, 7) is 0. The standard InChI is InChI=1S/C18H16FN3O/c19-17-10-15(7-8-16(17)14-11-20-21-12-14)22-18(23)9-6-13-4-2-1-3-5-13/h1-5,7-8,10-12H,6,9H2,(H,20,21)(H,22,23). The number of H-pyrrole nitrogens is 1. The van der Waals surface area contributed by atoms with Crippen molar-refractivity contribution in [1.29, 1.82) is 0 Å². The molecule has 116 valence electrons. The van der Waals surface area contributed by atoms with Crippen LogP contribution >= 0.6 is 0 Å². The van der Waals surface area contributed by atoms with Crippen molar-refractivity contribution in [1.82, 2.24) is 10.2 Å². The van der Waals surface area contributed by atoms with E-state index in [0.29, 0.717) is 29.7 Å². The molecule has 0 unspecified atom stereocenters. The summed E-state index contributed by atoms with van der Waals surface area (Å²) in [7, 11) is 0. The highest BCUT2D eigenvalue weighted by atomic mass is 19.1. The van der Waals surface area contributed by atoms with E-state index in [2.05, 4.69) is 15.5 Å². The predicted molar refractivity (Wildman–Crippen MR) is 87.4 cm³/mol. The summed E-state index contributed by atoms with van der Waals surface area (Å²) in [5, 5.41) is 9.17. The van der Waals surface area contributed by atoms with E-state index in [0.717, 1.165) is 5.56 Å². The van der Waals surface area contributed by atoms with Gasteiger partial charge in [0.15, 0.2) is 0 Å². The normalized spacial score (nSPS) is 10.5. The highest BCUT2D eigenvalue weighted by Crippen LogP contribution is 2.24. The second-order valence-corrected chi connectivity index (χ2v) is 5.22. The Morgan fingerprint density at radius 2 is 2.00 bits per heavy atom. The van der Waals surface area contributed by atoms with Crippen LogP contribution in [0.25, 0.3) is 11.1 Å². The van der Waals surface area contributed by atoms with Gasteiger partial charge >= 0.3 is 0 Å². The zero-order valence-electron chi connectivity index (χ0n) is 12.4. The molecular formula is C18H16FN3O. The van der Waals surface area contributed by atoms with E-state index >= 15 is 0 Å². The Kier molecular flexibility index (Phi) is 4.47. The molecule has 4 nitrogen and oxygen atoms in total. The van der Waals surface area contributed by atoms with Crippen LogP contribution in [0.1, 0.15) is 12.0 Å². The fraction of sp³-hybridized carbons (Fsp3) is 0.111. The van der Waals surface area contributed by atoms with Gasteiger partial charge in [-0.05, 0) is 30.2 Å². The third kappa shape index (κ3) is 3.83. The molecule has 0 aliphatic carbocycles. The molecule has 0 bridgehead atoms. The molecule has 0 fully saturated rings. The zero-order chi connectivity index (χ0) is 16.1. The summed E-state index contributed by atoms with van der Waals surface area (Å²) < 4.78 is 14.1. The number of aromatic amines is 1. The fourth-order valence-electron chi connectivity index (χ4n) is 2.35. The molecule has 0 atom stereocenters. The van der Waals surface area contributed by atoms with Crippen LogP contribution in [0.3, 0.4) is 0 Å². The number of halogens is 1. The van der Waals surface area contributed by atoms with Crippen LogP contribution in [0.2, 0.25) is 0 Å². The summed E-state index contributed by atoms with van der Waals surface area (Å²) in [4.78, 5) is 12.0. The quantitative estimate of drug-likeness (QED) is 0.753. The second-order valence-electron chi connectivity index (χ2n) is 5.22. The number of carbonyl (C=O) groups is 1. The van der Waals surface area contributed by atoms with Crippen molar-refractivity contribution in [2.75, 3.05) is 5.32 Å². The molecule has 2 N–H and O–H groups in total.